The molecule has 0 fully saturated rings. The number of pyridine rings is 1. The van der Waals surface area contributed by atoms with Crippen LogP contribution in [0.4, 0.5) is 5.82 Å². The van der Waals surface area contributed by atoms with Gasteiger partial charge in [-0.2, -0.15) is 0 Å². The third-order valence-electron chi connectivity index (χ3n) is 2.94. The Balaban J connectivity index is 2.31. The minimum absolute atomic E-state index is 0.00244. The summed E-state index contributed by atoms with van der Waals surface area (Å²) in [6.07, 6.45) is 3.00. The lowest BCUT2D eigenvalue weighted by atomic mass is 10.1. The van der Waals surface area contributed by atoms with Crippen LogP contribution in [0.2, 0.25) is 0 Å². The first-order valence-electron chi connectivity index (χ1n) is 6.37. The first-order valence-corrected chi connectivity index (χ1v) is 6.37. The Hall–Kier alpha value is -2.70. The van der Waals surface area contributed by atoms with Gasteiger partial charge in [0.05, 0.1) is 5.92 Å². The number of amides is 1. The van der Waals surface area contributed by atoms with Crippen LogP contribution in [-0.2, 0) is 4.79 Å². The Bertz CT molecular complexity index is 639. The molecule has 0 aliphatic heterocycles. The summed E-state index contributed by atoms with van der Waals surface area (Å²) in [6, 6.07) is 4.72. The number of carbonyl (C=O) groups is 2. The number of anilines is 1. The van der Waals surface area contributed by atoms with Gasteiger partial charge in [-0.05, 0) is 19.1 Å². The van der Waals surface area contributed by atoms with Crippen molar-refractivity contribution in [1.82, 2.24) is 10.1 Å². The van der Waals surface area contributed by atoms with Crippen LogP contribution in [0.5, 0.6) is 0 Å². The molecule has 7 nitrogen and oxygen atoms in total. The van der Waals surface area contributed by atoms with E-state index in [0.717, 1.165) is 0 Å². The SMILES string of the molecule is Cc1cc(N(CC(C)C(=O)O)C(=O)c2ccncc2)no1. The monoisotopic (exact) mass is 289 g/mol. The van der Waals surface area contributed by atoms with Crippen molar-refractivity contribution in [3.8, 4) is 0 Å². The highest BCUT2D eigenvalue weighted by atomic mass is 16.5. The van der Waals surface area contributed by atoms with Crippen LogP contribution in [0.3, 0.4) is 0 Å². The van der Waals surface area contributed by atoms with Crippen LogP contribution in [0.1, 0.15) is 23.0 Å². The van der Waals surface area contributed by atoms with Crippen molar-refractivity contribution in [3.63, 3.8) is 0 Å². The van der Waals surface area contributed by atoms with Crippen molar-refractivity contribution in [2.24, 2.45) is 5.92 Å². The topological polar surface area (TPSA) is 96.5 Å². The zero-order valence-corrected chi connectivity index (χ0v) is 11.7. The van der Waals surface area contributed by atoms with Gasteiger partial charge in [0.15, 0.2) is 5.82 Å². The van der Waals surface area contributed by atoms with Crippen molar-refractivity contribution in [3.05, 3.63) is 41.9 Å². The smallest absolute Gasteiger partial charge is 0.308 e. The predicted molar refractivity (Wildman–Crippen MR) is 74.0 cm³/mol. The first-order chi connectivity index (χ1) is 9.99. The molecule has 2 aromatic heterocycles. The molecule has 0 spiro atoms. The highest BCUT2D eigenvalue weighted by Crippen LogP contribution is 2.18. The lowest BCUT2D eigenvalue weighted by molar-refractivity contribution is -0.140. The summed E-state index contributed by atoms with van der Waals surface area (Å²) in [7, 11) is 0. The molecule has 1 amide bonds. The molecule has 0 aliphatic rings. The van der Waals surface area contributed by atoms with Gasteiger partial charge in [-0.1, -0.05) is 12.1 Å². The van der Waals surface area contributed by atoms with Gasteiger partial charge in [-0.15, -0.1) is 0 Å². The number of carbonyl (C=O) groups excluding carboxylic acids is 1. The average molecular weight is 289 g/mol. The molecule has 0 aromatic carbocycles. The van der Waals surface area contributed by atoms with Gasteiger partial charge in [0.1, 0.15) is 5.76 Å². The van der Waals surface area contributed by atoms with Gasteiger partial charge in [-0.25, -0.2) is 0 Å². The predicted octanol–water partition coefficient (Wildman–Crippen LogP) is 1.75. The Morgan fingerprint density at radius 3 is 2.57 bits per heavy atom. The summed E-state index contributed by atoms with van der Waals surface area (Å²) in [5.41, 5.74) is 0.406. The quantitative estimate of drug-likeness (QED) is 0.900. The van der Waals surface area contributed by atoms with Crippen LogP contribution in [0.15, 0.2) is 35.1 Å². The summed E-state index contributed by atoms with van der Waals surface area (Å²) >= 11 is 0. The number of carboxylic acids is 1. The molecule has 110 valence electrons. The lowest BCUT2D eigenvalue weighted by Crippen LogP contribution is -2.37. The molecule has 0 bridgehead atoms. The maximum atomic E-state index is 12.5. The number of hydrogen-bond donors (Lipinski definition) is 1. The summed E-state index contributed by atoms with van der Waals surface area (Å²) in [4.78, 5) is 28.7. The molecule has 0 saturated carbocycles. The second-order valence-corrected chi connectivity index (χ2v) is 4.69. The zero-order valence-electron chi connectivity index (χ0n) is 11.7. The summed E-state index contributed by atoms with van der Waals surface area (Å²) < 4.78 is 4.97. The zero-order chi connectivity index (χ0) is 15.4. The molecule has 7 heteroatoms. The van der Waals surface area contributed by atoms with Crippen molar-refractivity contribution < 1.29 is 19.2 Å². The second-order valence-electron chi connectivity index (χ2n) is 4.69. The number of aryl methyl sites for hydroxylation is 1. The van der Waals surface area contributed by atoms with E-state index in [1.54, 1.807) is 25.1 Å². The molecular weight excluding hydrogens is 274 g/mol. The summed E-state index contributed by atoms with van der Waals surface area (Å²) in [5, 5.41) is 12.8. The highest BCUT2D eigenvalue weighted by molar-refractivity contribution is 6.05. The van der Waals surface area contributed by atoms with E-state index in [1.165, 1.54) is 24.2 Å². The minimum atomic E-state index is -0.984. The van der Waals surface area contributed by atoms with Crippen LogP contribution in [0, 0.1) is 12.8 Å². The van der Waals surface area contributed by atoms with Gasteiger partial charge in [-0.3, -0.25) is 19.5 Å². The van der Waals surface area contributed by atoms with E-state index in [0.29, 0.717) is 17.1 Å². The van der Waals surface area contributed by atoms with Crippen molar-refractivity contribution in [1.29, 1.82) is 0 Å². The fourth-order valence-corrected chi connectivity index (χ4v) is 1.76. The number of aliphatic carboxylic acids is 1. The van der Waals surface area contributed by atoms with E-state index in [9.17, 15) is 9.59 Å². The molecular formula is C14H15N3O4. The molecule has 2 aromatic rings. The van der Waals surface area contributed by atoms with E-state index in [1.807, 2.05) is 0 Å². The van der Waals surface area contributed by atoms with Crippen molar-refractivity contribution >= 4 is 17.7 Å². The number of carboxylic acid groups (broad SMARTS) is 1. The molecule has 21 heavy (non-hydrogen) atoms. The maximum Gasteiger partial charge on any atom is 0.308 e. The Morgan fingerprint density at radius 1 is 1.38 bits per heavy atom. The Kier molecular flexibility index (Phi) is 4.32. The molecule has 0 saturated heterocycles. The van der Waals surface area contributed by atoms with Crippen LogP contribution in [-0.4, -0.2) is 33.7 Å². The van der Waals surface area contributed by atoms with E-state index in [4.69, 9.17) is 9.63 Å². The molecule has 2 heterocycles. The van der Waals surface area contributed by atoms with Crippen LogP contribution < -0.4 is 4.90 Å². The summed E-state index contributed by atoms with van der Waals surface area (Å²) in [6.45, 7) is 3.23. The van der Waals surface area contributed by atoms with E-state index >= 15 is 0 Å². The van der Waals surface area contributed by atoms with Gasteiger partial charge >= 0.3 is 5.97 Å². The standard InChI is InChI=1S/C14H15N3O4/c1-9(14(19)20)8-17(12-7-10(2)21-16-12)13(18)11-3-5-15-6-4-11/h3-7,9H,8H2,1-2H3,(H,19,20). The Morgan fingerprint density at radius 2 is 2.05 bits per heavy atom. The number of nitrogens with zero attached hydrogens (tertiary/aromatic N) is 3. The fraction of sp³-hybridized carbons (Fsp3) is 0.286. The third kappa shape index (κ3) is 3.44. The minimum Gasteiger partial charge on any atom is -0.481 e. The van der Waals surface area contributed by atoms with Crippen molar-refractivity contribution in [2.45, 2.75) is 13.8 Å². The van der Waals surface area contributed by atoms with Gasteiger partial charge in [0, 0.05) is 30.6 Å². The molecule has 1 unspecified atom stereocenters. The fourth-order valence-electron chi connectivity index (χ4n) is 1.76. The molecule has 2 rings (SSSR count). The lowest BCUT2D eigenvalue weighted by Gasteiger charge is -2.21. The highest BCUT2D eigenvalue weighted by Gasteiger charge is 2.25. The average Bonchev–Trinajstić information content (AvgIpc) is 2.91. The van der Waals surface area contributed by atoms with Crippen molar-refractivity contribution in [2.75, 3.05) is 11.4 Å². The van der Waals surface area contributed by atoms with E-state index in [-0.39, 0.29) is 12.5 Å². The molecule has 1 atom stereocenters. The number of rotatable bonds is 5. The first kappa shape index (κ1) is 14.7. The number of aromatic nitrogens is 2. The normalized spacial score (nSPS) is 11.9. The molecule has 1 N–H and O–H groups in total. The van der Waals surface area contributed by atoms with E-state index < -0.39 is 11.9 Å². The largest absolute Gasteiger partial charge is 0.481 e. The Labute approximate surface area is 121 Å². The summed E-state index contributed by atoms with van der Waals surface area (Å²) in [5.74, 6) is -1.22. The van der Waals surface area contributed by atoms with Crippen LogP contribution in [0.25, 0.3) is 0 Å². The van der Waals surface area contributed by atoms with Gasteiger partial charge < -0.3 is 9.63 Å². The van der Waals surface area contributed by atoms with Crippen LogP contribution >= 0.6 is 0 Å². The molecule has 0 radical (unpaired) electrons. The maximum absolute atomic E-state index is 12.5. The molecule has 0 aliphatic carbocycles. The van der Waals surface area contributed by atoms with Gasteiger partial charge in [0.2, 0.25) is 0 Å². The third-order valence-corrected chi connectivity index (χ3v) is 2.94. The second kappa shape index (κ2) is 6.17. The van der Waals surface area contributed by atoms with Gasteiger partial charge in [0.25, 0.3) is 5.91 Å². The number of hydrogen-bond acceptors (Lipinski definition) is 5. The van der Waals surface area contributed by atoms with E-state index in [2.05, 4.69) is 10.1 Å².